The SMILES string of the molecule is CCc1cc(=S)nc(-c2cc(Br)cs2)[nH]1. The molecule has 2 heterocycles. The van der Waals surface area contributed by atoms with Crippen molar-refractivity contribution >= 4 is 39.5 Å². The summed E-state index contributed by atoms with van der Waals surface area (Å²) in [5, 5.41) is 2.03. The molecule has 2 rings (SSSR count). The van der Waals surface area contributed by atoms with Gasteiger partial charge < -0.3 is 4.98 Å². The predicted molar refractivity (Wildman–Crippen MR) is 69.8 cm³/mol. The number of aryl methyl sites for hydroxylation is 1. The molecule has 0 amide bonds. The fraction of sp³-hybridized carbons (Fsp3) is 0.200. The van der Waals surface area contributed by atoms with Crippen LogP contribution in [0.5, 0.6) is 0 Å². The second-order valence-electron chi connectivity index (χ2n) is 3.08. The molecule has 0 fully saturated rings. The predicted octanol–water partition coefficient (Wildman–Crippen LogP) is 4.19. The number of rotatable bonds is 2. The lowest BCUT2D eigenvalue weighted by atomic mass is 10.3. The zero-order valence-corrected chi connectivity index (χ0v) is 11.3. The Kier molecular flexibility index (Phi) is 3.33. The second kappa shape index (κ2) is 4.55. The van der Waals surface area contributed by atoms with Gasteiger partial charge in [-0.15, -0.1) is 11.3 Å². The van der Waals surface area contributed by atoms with Crippen LogP contribution >= 0.6 is 39.5 Å². The molecule has 0 saturated heterocycles. The smallest absolute Gasteiger partial charge is 0.149 e. The lowest BCUT2D eigenvalue weighted by Crippen LogP contribution is -1.93. The molecule has 2 nitrogen and oxygen atoms in total. The van der Waals surface area contributed by atoms with Crippen molar-refractivity contribution in [3.63, 3.8) is 0 Å². The highest BCUT2D eigenvalue weighted by Crippen LogP contribution is 2.27. The number of H-pyrrole nitrogens is 1. The highest BCUT2D eigenvalue weighted by molar-refractivity contribution is 9.10. The molecule has 1 N–H and O–H groups in total. The zero-order valence-electron chi connectivity index (χ0n) is 8.08. The van der Waals surface area contributed by atoms with E-state index in [2.05, 4.69) is 32.8 Å². The van der Waals surface area contributed by atoms with Crippen molar-refractivity contribution in [3.05, 3.63) is 32.3 Å². The van der Waals surface area contributed by atoms with Gasteiger partial charge in [-0.3, -0.25) is 0 Å². The minimum absolute atomic E-state index is 0.644. The van der Waals surface area contributed by atoms with E-state index >= 15 is 0 Å². The number of aromatic nitrogens is 2. The maximum absolute atomic E-state index is 5.12. The van der Waals surface area contributed by atoms with Gasteiger partial charge in [0.15, 0.2) is 0 Å². The van der Waals surface area contributed by atoms with E-state index in [-0.39, 0.29) is 0 Å². The monoisotopic (exact) mass is 300 g/mol. The summed E-state index contributed by atoms with van der Waals surface area (Å²) in [6, 6.07) is 3.94. The van der Waals surface area contributed by atoms with Crippen molar-refractivity contribution in [2.75, 3.05) is 0 Å². The van der Waals surface area contributed by atoms with Crippen molar-refractivity contribution < 1.29 is 0 Å². The van der Waals surface area contributed by atoms with Crippen LogP contribution in [0.15, 0.2) is 22.0 Å². The van der Waals surface area contributed by atoms with E-state index in [1.165, 1.54) is 0 Å². The van der Waals surface area contributed by atoms with Gasteiger partial charge in [0.25, 0.3) is 0 Å². The van der Waals surface area contributed by atoms with Gasteiger partial charge in [-0.05, 0) is 34.5 Å². The van der Waals surface area contributed by atoms with Gasteiger partial charge in [0, 0.05) is 15.5 Å². The summed E-state index contributed by atoms with van der Waals surface area (Å²) in [4.78, 5) is 8.69. The summed E-state index contributed by atoms with van der Waals surface area (Å²) in [7, 11) is 0. The van der Waals surface area contributed by atoms with Gasteiger partial charge >= 0.3 is 0 Å². The van der Waals surface area contributed by atoms with Crippen LogP contribution in [0.2, 0.25) is 0 Å². The van der Waals surface area contributed by atoms with Crippen LogP contribution in [0, 0.1) is 4.64 Å². The van der Waals surface area contributed by atoms with E-state index < -0.39 is 0 Å². The summed E-state index contributed by atoms with van der Waals surface area (Å²) < 4.78 is 1.72. The minimum atomic E-state index is 0.644. The van der Waals surface area contributed by atoms with Crippen LogP contribution < -0.4 is 0 Å². The fourth-order valence-electron chi connectivity index (χ4n) is 1.25. The van der Waals surface area contributed by atoms with Crippen molar-refractivity contribution in [2.45, 2.75) is 13.3 Å². The number of halogens is 1. The maximum atomic E-state index is 5.12. The van der Waals surface area contributed by atoms with Crippen molar-refractivity contribution in [1.82, 2.24) is 9.97 Å². The first kappa shape index (κ1) is 11.0. The number of hydrogen-bond acceptors (Lipinski definition) is 3. The van der Waals surface area contributed by atoms with Gasteiger partial charge in [-0.25, -0.2) is 4.98 Å². The Hall–Kier alpha value is -0.520. The normalized spacial score (nSPS) is 10.5. The van der Waals surface area contributed by atoms with Crippen LogP contribution in [0.25, 0.3) is 10.7 Å². The first-order chi connectivity index (χ1) is 7.19. The molecule has 78 valence electrons. The molecule has 0 unspecified atom stereocenters. The first-order valence-electron chi connectivity index (χ1n) is 4.53. The Morgan fingerprint density at radius 1 is 1.53 bits per heavy atom. The van der Waals surface area contributed by atoms with E-state index in [1.807, 2.05) is 17.5 Å². The highest BCUT2D eigenvalue weighted by atomic mass is 79.9. The number of aromatic amines is 1. The van der Waals surface area contributed by atoms with Crippen LogP contribution in [-0.4, -0.2) is 9.97 Å². The average molecular weight is 301 g/mol. The van der Waals surface area contributed by atoms with Crippen LogP contribution in [0.1, 0.15) is 12.6 Å². The van der Waals surface area contributed by atoms with Crippen LogP contribution in [0.4, 0.5) is 0 Å². The van der Waals surface area contributed by atoms with E-state index in [9.17, 15) is 0 Å². The average Bonchev–Trinajstić information content (AvgIpc) is 2.64. The Labute approximate surface area is 106 Å². The third-order valence-electron chi connectivity index (χ3n) is 1.98. The largest absolute Gasteiger partial charge is 0.342 e. The molecule has 0 saturated carbocycles. The first-order valence-corrected chi connectivity index (χ1v) is 6.62. The molecule has 0 spiro atoms. The molecule has 5 heteroatoms. The van der Waals surface area contributed by atoms with Gasteiger partial charge in [0.2, 0.25) is 0 Å². The topological polar surface area (TPSA) is 28.7 Å². The summed E-state index contributed by atoms with van der Waals surface area (Å²) in [6.07, 6.45) is 0.936. The van der Waals surface area contributed by atoms with Crippen LogP contribution in [-0.2, 0) is 6.42 Å². The molecule has 2 aromatic rings. The lowest BCUT2D eigenvalue weighted by molar-refractivity contribution is 1.00. The summed E-state index contributed by atoms with van der Waals surface area (Å²) >= 11 is 10.2. The minimum Gasteiger partial charge on any atom is -0.342 e. The van der Waals surface area contributed by atoms with Crippen LogP contribution in [0.3, 0.4) is 0 Å². The van der Waals surface area contributed by atoms with Crippen molar-refractivity contribution in [1.29, 1.82) is 0 Å². The standard InChI is InChI=1S/C10H9BrN2S2/c1-2-7-4-9(14)13-10(12-7)8-3-6(11)5-15-8/h3-5H,2H2,1H3,(H,12,13,14). The van der Waals surface area contributed by atoms with Gasteiger partial charge in [0.1, 0.15) is 10.5 Å². The molecule has 15 heavy (non-hydrogen) atoms. The molecule has 0 aliphatic heterocycles. The molecule has 0 aromatic carbocycles. The Bertz CT molecular complexity index is 530. The molecule has 0 aliphatic rings. The van der Waals surface area contributed by atoms with Gasteiger partial charge in [-0.1, -0.05) is 19.1 Å². The molecule has 0 atom stereocenters. The van der Waals surface area contributed by atoms with E-state index in [1.54, 1.807) is 11.3 Å². The molecular formula is C10H9BrN2S2. The van der Waals surface area contributed by atoms with Gasteiger partial charge in [-0.2, -0.15) is 0 Å². The summed E-state index contributed by atoms with van der Waals surface area (Å²) in [5.41, 5.74) is 1.12. The third kappa shape index (κ3) is 2.53. The fourth-order valence-corrected chi connectivity index (χ4v) is 2.86. The molecule has 0 aliphatic carbocycles. The highest BCUT2D eigenvalue weighted by Gasteiger charge is 2.04. The van der Waals surface area contributed by atoms with E-state index in [0.29, 0.717) is 4.64 Å². The summed E-state index contributed by atoms with van der Waals surface area (Å²) in [5.74, 6) is 0.857. The zero-order chi connectivity index (χ0) is 10.8. The Morgan fingerprint density at radius 2 is 2.33 bits per heavy atom. The lowest BCUT2D eigenvalue weighted by Gasteiger charge is -2.01. The third-order valence-corrected chi connectivity index (χ3v) is 3.89. The molecule has 0 bridgehead atoms. The molecule has 0 radical (unpaired) electrons. The van der Waals surface area contributed by atoms with Crippen molar-refractivity contribution in [2.24, 2.45) is 0 Å². The second-order valence-corrected chi connectivity index (χ2v) is 5.32. The molecule has 2 aromatic heterocycles. The Morgan fingerprint density at radius 3 is 2.93 bits per heavy atom. The maximum Gasteiger partial charge on any atom is 0.149 e. The number of hydrogen-bond donors (Lipinski definition) is 1. The number of thiophene rings is 1. The van der Waals surface area contributed by atoms with Gasteiger partial charge in [0.05, 0.1) is 4.88 Å². The quantitative estimate of drug-likeness (QED) is 0.842. The molecular weight excluding hydrogens is 292 g/mol. The number of nitrogens with one attached hydrogen (secondary N) is 1. The van der Waals surface area contributed by atoms with Crippen molar-refractivity contribution in [3.8, 4) is 10.7 Å². The summed E-state index contributed by atoms with van der Waals surface area (Å²) in [6.45, 7) is 2.09. The Balaban J connectivity index is 2.53. The van der Waals surface area contributed by atoms with E-state index in [0.717, 1.165) is 27.3 Å². The number of nitrogens with zero attached hydrogens (tertiary/aromatic N) is 1. The van der Waals surface area contributed by atoms with E-state index in [4.69, 9.17) is 12.2 Å².